The van der Waals surface area contributed by atoms with Gasteiger partial charge in [0.1, 0.15) is 18.2 Å². The SMILES string of the molecule is CCOC1CC(Nc2ccc(C#N)c(C#N)c2)C1OC. The van der Waals surface area contributed by atoms with Gasteiger partial charge in [-0.3, -0.25) is 0 Å². The van der Waals surface area contributed by atoms with Crippen LogP contribution in [-0.2, 0) is 9.47 Å². The molecule has 1 N–H and O–H groups in total. The Labute approximate surface area is 118 Å². The van der Waals surface area contributed by atoms with E-state index in [0.29, 0.717) is 17.7 Å². The largest absolute Gasteiger partial charge is 0.379 e. The maximum absolute atomic E-state index is 9.02. The predicted molar refractivity (Wildman–Crippen MR) is 74.1 cm³/mol. The molecule has 1 aliphatic rings. The molecule has 1 aromatic carbocycles. The summed E-state index contributed by atoms with van der Waals surface area (Å²) in [6, 6.07) is 9.35. The van der Waals surface area contributed by atoms with Crippen molar-refractivity contribution in [3.05, 3.63) is 29.3 Å². The van der Waals surface area contributed by atoms with Gasteiger partial charge in [0.2, 0.25) is 0 Å². The van der Waals surface area contributed by atoms with E-state index in [-0.39, 0.29) is 18.2 Å². The van der Waals surface area contributed by atoms with E-state index in [9.17, 15) is 0 Å². The van der Waals surface area contributed by atoms with Crippen LogP contribution in [0.25, 0.3) is 0 Å². The summed E-state index contributed by atoms with van der Waals surface area (Å²) < 4.78 is 11.0. The Balaban J connectivity index is 2.05. The number of benzene rings is 1. The summed E-state index contributed by atoms with van der Waals surface area (Å²) >= 11 is 0. The number of nitrogens with one attached hydrogen (secondary N) is 1. The first-order valence-corrected chi connectivity index (χ1v) is 6.58. The second-order valence-corrected chi connectivity index (χ2v) is 4.66. The van der Waals surface area contributed by atoms with Gasteiger partial charge < -0.3 is 14.8 Å². The lowest BCUT2D eigenvalue weighted by molar-refractivity contribution is -0.118. The number of rotatable bonds is 5. The number of nitrogens with zero attached hydrogens (tertiary/aromatic N) is 2. The second-order valence-electron chi connectivity index (χ2n) is 4.66. The van der Waals surface area contributed by atoms with E-state index in [4.69, 9.17) is 20.0 Å². The molecule has 1 aromatic rings. The highest BCUT2D eigenvalue weighted by atomic mass is 16.5. The number of anilines is 1. The van der Waals surface area contributed by atoms with Crippen molar-refractivity contribution in [2.45, 2.75) is 31.6 Å². The molecule has 0 aromatic heterocycles. The zero-order valence-corrected chi connectivity index (χ0v) is 11.6. The number of ether oxygens (including phenoxy) is 2. The summed E-state index contributed by atoms with van der Waals surface area (Å²) in [4.78, 5) is 0. The molecule has 1 aliphatic carbocycles. The van der Waals surface area contributed by atoms with Gasteiger partial charge in [0.05, 0.1) is 23.3 Å². The van der Waals surface area contributed by atoms with Crippen molar-refractivity contribution in [2.24, 2.45) is 0 Å². The molecule has 0 aliphatic heterocycles. The molecule has 2 rings (SSSR count). The molecule has 0 heterocycles. The van der Waals surface area contributed by atoms with E-state index in [1.165, 1.54) is 0 Å². The van der Waals surface area contributed by atoms with Crippen molar-refractivity contribution in [3.63, 3.8) is 0 Å². The van der Waals surface area contributed by atoms with E-state index in [0.717, 1.165) is 12.1 Å². The van der Waals surface area contributed by atoms with Gasteiger partial charge in [-0.15, -0.1) is 0 Å². The second kappa shape index (κ2) is 6.38. The van der Waals surface area contributed by atoms with E-state index in [1.54, 1.807) is 25.3 Å². The first kappa shape index (κ1) is 14.3. The molecule has 20 heavy (non-hydrogen) atoms. The third kappa shape index (κ3) is 2.75. The van der Waals surface area contributed by atoms with Gasteiger partial charge in [0.15, 0.2) is 0 Å². The lowest BCUT2D eigenvalue weighted by Gasteiger charge is -2.43. The highest BCUT2D eigenvalue weighted by molar-refractivity contribution is 5.57. The lowest BCUT2D eigenvalue weighted by Crippen LogP contribution is -2.56. The van der Waals surface area contributed by atoms with Crippen molar-refractivity contribution < 1.29 is 9.47 Å². The Morgan fingerprint density at radius 2 is 2.05 bits per heavy atom. The number of hydrogen-bond donors (Lipinski definition) is 1. The molecule has 3 atom stereocenters. The maximum Gasteiger partial charge on any atom is 0.103 e. The molecular weight excluding hydrogens is 254 g/mol. The molecule has 0 spiro atoms. The van der Waals surface area contributed by atoms with Gasteiger partial charge in [0.25, 0.3) is 0 Å². The van der Waals surface area contributed by atoms with Crippen LogP contribution in [0.15, 0.2) is 18.2 Å². The normalized spacial score (nSPS) is 24.3. The topological polar surface area (TPSA) is 78.1 Å². The minimum absolute atomic E-state index is 0.0103. The molecular formula is C15H17N3O2. The number of methoxy groups -OCH3 is 1. The monoisotopic (exact) mass is 271 g/mol. The standard InChI is InChI=1S/C15H17N3O2/c1-3-20-14-7-13(15(14)19-2)18-12-5-4-10(8-16)11(6-12)9-17/h4-6,13-15,18H,3,7H2,1-2H3. The van der Waals surface area contributed by atoms with Crippen molar-refractivity contribution in [3.8, 4) is 12.1 Å². The summed E-state index contributed by atoms with van der Waals surface area (Å²) in [6.07, 6.45) is 1.00. The molecule has 0 saturated heterocycles. The van der Waals surface area contributed by atoms with Crippen LogP contribution in [0, 0.1) is 22.7 Å². The Bertz CT molecular complexity index is 559. The quantitative estimate of drug-likeness (QED) is 0.886. The zero-order valence-electron chi connectivity index (χ0n) is 11.6. The van der Waals surface area contributed by atoms with Crippen LogP contribution < -0.4 is 5.32 Å². The lowest BCUT2D eigenvalue weighted by atomic mass is 9.85. The summed E-state index contributed by atoms with van der Waals surface area (Å²) in [5.41, 5.74) is 1.59. The van der Waals surface area contributed by atoms with Gasteiger partial charge >= 0.3 is 0 Å². The maximum atomic E-state index is 9.02. The molecule has 1 fully saturated rings. The molecule has 1 saturated carbocycles. The van der Waals surface area contributed by atoms with Crippen LogP contribution in [0.4, 0.5) is 5.69 Å². The highest BCUT2D eigenvalue weighted by Gasteiger charge is 2.42. The zero-order chi connectivity index (χ0) is 14.5. The molecule has 5 heteroatoms. The van der Waals surface area contributed by atoms with Crippen LogP contribution in [0.2, 0.25) is 0 Å². The molecule has 0 radical (unpaired) electrons. The third-order valence-electron chi connectivity index (χ3n) is 3.51. The molecule has 0 bridgehead atoms. The number of nitriles is 2. The predicted octanol–water partition coefficient (Wildman–Crippen LogP) is 2.03. The van der Waals surface area contributed by atoms with Crippen molar-refractivity contribution in [1.82, 2.24) is 0 Å². The molecule has 5 nitrogen and oxygen atoms in total. The van der Waals surface area contributed by atoms with Gasteiger partial charge in [-0.1, -0.05) is 0 Å². The fourth-order valence-corrected chi connectivity index (χ4v) is 2.45. The first-order chi connectivity index (χ1) is 9.73. The summed E-state index contributed by atoms with van der Waals surface area (Å²) in [7, 11) is 1.67. The first-order valence-electron chi connectivity index (χ1n) is 6.58. The molecule has 0 amide bonds. The summed E-state index contributed by atoms with van der Waals surface area (Å²) in [6.45, 7) is 2.64. The van der Waals surface area contributed by atoms with Gasteiger partial charge in [-0.2, -0.15) is 10.5 Å². The Kier molecular flexibility index (Phi) is 4.57. The summed E-state index contributed by atoms with van der Waals surface area (Å²) in [5, 5.41) is 21.2. The smallest absolute Gasteiger partial charge is 0.103 e. The van der Waals surface area contributed by atoms with Gasteiger partial charge in [-0.25, -0.2) is 0 Å². The van der Waals surface area contributed by atoms with E-state index in [1.807, 2.05) is 19.1 Å². The average Bonchev–Trinajstić information content (AvgIpc) is 2.46. The van der Waals surface area contributed by atoms with Crippen LogP contribution in [0.1, 0.15) is 24.5 Å². The van der Waals surface area contributed by atoms with E-state index < -0.39 is 0 Å². The fourth-order valence-electron chi connectivity index (χ4n) is 2.45. The Morgan fingerprint density at radius 3 is 2.65 bits per heavy atom. The minimum atomic E-state index is 0.0103. The van der Waals surface area contributed by atoms with Crippen LogP contribution in [0.3, 0.4) is 0 Å². The van der Waals surface area contributed by atoms with Crippen molar-refractivity contribution in [1.29, 1.82) is 10.5 Å². The van der Waals surface area contributed by atoms with Gasteiger partial charge in [0, 0.05) is 19.4 Å². The average molecular weight is 271 g/mol. The third-order valence-corrected chi connectivity index (χ3v) is 3.51. The Morgan fingerprint density at radius 1 is 1.30 bits per heavy atom. The fraction of sp³-hybridized carbons (Fsp3) is 0.467. The molecule has 3 unspecified atom stereocenters. The van der Waals surface area contributed by atoms with Gasteiger partial charge in [-0.05, 0) is 31.5 Å². The van der Waals surface area contributed by atoms with Crippen molar-refractivity contribution in [2.75, 3.05) is 19.0 Å². The minimum Gasteiger partial charge on any atom is -0.379 e. The highest BCUT2D eigenvalue weighted by Crippen LogP contribution is 2.30. The molecule has 104 valence electrons. The van der Waals surface area contributed by atoms with Crippen molar-refractivity contribution >= 4 is 5.69 Å². The number of hydrogen-bond acceptors (Lipinski definition) is 5. The Hall–Kier alpha value is -2.08. The van der Waals surface area contributed by atoms with E-state index >= 15 is 0 Å². The van der Waals surface area contributed by atoms with Crippen LogP contribution in [-0.4, -0.2) is 32.0 Å². The summed E-state index contributed by atoms with van der Waals surface area (Å²) in [5.74, 6) is 0. The van der Waals surface area contributed by atoms with Crippen LogP contribution >= 0.6 is 0 Å². The van der Waals surface area contributed by atoms with Crippen LogP contribution in [0.5, 0.6) is 0 Å². The van der Waals surface area contributed by atoms with E-state index in [2.05, 4.69) is 5.32 Å².